The predicted molar refractivity (Wildman–Crippen MR) is 84.6 cm³/mol. The molecular formula is C15H28N4O. The van der Waals surface area contributed by atoms with Crippen molar-refractivity contribution in [1.29, 1.82) is 0 Å². The fourth-order valence-corrected chi connectivity index (χ4v) is 2.08. The highest BCUT2D eigenvalue weighted by Gasteiger charge is 2.22. The molecule has 0 saturated heterocycles. The summed E-state index contributed by atoms with van der Waals surface area (Å²) in [6, 6.07) is 2.27. The van der Waals surface area contributed by atoms with Gasteiger partial charge in [-0.2, -0.15) is 0 Å². The molecule has 114 valence electrons. The van der Waals surface area contributed by atoms with E-state index in [4.69, 9.17) is 9.72 Å². The number of nitrogens with zero attached hydrogens (tertiary/aromatic N) is 3. The summed E-state index contributed by atoms with van der Waals surface area (Å²) in [7, 11) is 3.61. The number of anilines is 2. The van der Waals surface area contributed by atoms with Crippen LogP contribution in [0.4, 0.5) is 11.6 Å². The lowest BCUT2D eigenvalue weighted by Gasteiger charge is -2.30. The lowest BCUT2D eigenvalue weighted by Crippen LogP contribution is -2.37. The number of methoxy groups -OCH3 is 1. The summed E-state index contributed by atoms with van der Waals surface area (Å²) in [5.74, 6) is 2.65. The van der Waals surface area contributed by atoms with Gasteiger partial charge in [0.05, 0.1) is 12.6 Å². The van der Waals surface area contributed by atoms with Gasteiger partial charge in [0, 0.05) is 32.2 Å². The molecule has 0 spiro atoms. The fraction of sp³-hybridized carbons (Fsp3) is 0.733. The van der Waals surface area contributed by atoms with Gasteiger partial charge in [-0.1, -0.05) is 20.8 Å². The molecule has 1 aromatic rings. The molecule has 0 amide bonds. The Morgan fingerprint density at radius 2 is 2.00 bits per heavy atom. The van der Waals surface area contributed by atoms with Crippen LogP contribution in [0.2, 0.25) is 0 Å². The maximum Gasteiger partial charge on any atom is 0.138 e. The van der Waals surface area contributed by atoms with Crippen molar-refractivity contribution in [2.45, 2.75) is 46.1 Å². The highest BCUT2D eigenvalue weighted by atomic mass is 16.5. The molecule has 0 aliphatic carbocycles. The van der Waals surface area contributed by atoms with Crippen LogP contribution in [0.1, 0.15) is 40.4 Å². The minimum atomic E-state index is -0.0779. The predicted octanol–water partition coefficient (Wildman–Crippen LogP) is 2.68. The van der Waals surface area contributed by atoms with Crippen molar-refractivity contribution in [1.82, 2.24) is 9.97 Å². The molecule has 1 rings (SSSR count). The first-order valence-corrected chi connectivity index (χ1v) is 7.16. The van der Waals surface area contributed by atoms with Crippen molar-refractivity contribution in [3.05, 3.63) is 11.9 Å². The molecule has 0 bridgehead atoms. The summed E-state index contributed by atoms with van der Waals surface area (Å²) in [6.45, 7) is 12.2. The second kappa shape index (κ2) is 6.88. The standard InChI is InChI=1S/C15H28N4O/c1-8-19(11(2)10-20-7)13-9-12(16-6)17-14(18-13)15(3,4)5/h9,11H,8,10H2,1-7H3,(H,16,17,18). The average Bonchev–Trinajstić information content (AvgIpc) is 2.38. The number of ether oxygens (including phenoxy) is 1. The summed E-state index contributed by atoms with van der Waals surface area (Å²) in [5, 5.41) is 3.12. The van der Waals surface area contributed by atoms with Gasteiger partial charge in [-0.05, 0) is 13.8 Å². The van der Waals surface area contributed by atoms with Crippen molar-refractivity contribution in [2.75, 3.05) is 37.5 Å². The van der Waals surface area contributed by atoms with E-state index in [1.807, 2.05) is 13.1 Å². The Hall–Kier alpha value is -1.36. The van der Waals surface area contributed by atoms with E-state index in [1.54, 1.807) is 7.11 Å². The second-order valence-electron chi connectivity index (χ2n) is 6.03. The van der Waals surface area contributed by atoms with Crippen molar-refractivity contribution in [3.63, 3.8) is 0 Å². The number of likely N-dealkylation sites (N-methyl/N-ethyl adjacent to an activating group) is 1. The number of aromatic nitrogens is 2. The third kappa shape index (κ3) is 4.07. The van der Waals surface area contributed by atoms with Crippen LogP contribution in [0, 0.1) is 0 Å². The minimum absolute atomic E-state index is 0.0779. The van der Waals surface area contributed by atoms with E-state index in [2.05, 4.69) is 49.8 Å². The smallest absolute Gasteiger partial charge is 0.138 e. The lowest BCUT2D eigenvalue weighted by molar-refractivity contribution is 0.181. The van der Waals surface area contributed by atoms with Gasteiger partial charge >= 0.3 is 0 Å². The van der Waals surface area contributed by atoms with Gasteiger partial charge in [0.15, 0.2) is 0 Å². The van der Waals surface area contributed by atoms with Crippen LogP contribution in [-0.2, 0) is 10.2 Å². The van der Waals surface area contributed by atoms with E-state index in [-0.39, 0.29) is 11.5 Å². The van der Waals surface area contributed by atoms with Gasteiger partial charge in [-0.15, -0.1) is 0 Å². The zero-order valence-corrected chi connectivity index (χ0v) is 13.8. The molecule has 0 aromatic carbocycles. The van der Waals surface area contributed by atoms with Crippen LogP contribution in [0.15, 0.2) is 6.07 Å². The number of hydrogen-bond acceptors (Lipinski definition) is 5. The van der Waals surface area contributed by atoms with Gasteiger partial charge in [-0.25, -0.2) is 9.97 Å². The minimum Gasteiger partial charge on any atom is -0.383 e. The molecule has 0 aliphatic heterocycles. The molecule has 1 aromatic heterocycles. The molecule has 1 N–H and O–H groups in total. The van der Waals surface area contributed by atoms with Crippen LogP contribution < -0.4 is 10.2 Å². The van der Waals surface area contributed by atoms with Crippen LogP contribution in [0.25, 0.3) is 0 Å². The molecule has 1 atom stereocenters. The fourth-order valence-electron chi connectivity index (χ4n) is 2.08. The van der Waals surface area contributed by atoms with Gasteiger partial charge < -0.3 is 15.0 Å². The van der Waals surface area contributed by atoms with E-state index in [0.29, 0.717) is 6.61 Å². The molecule has 0 saturated carbocycles. The normalized spacial score (nSPS) is 13.2. The van der Waals surface area contributed by atoms with Gasteiger partial charge in [0.2, 0.25) is 0 Å². The van der Waals surface area contributed by atoms with Crippen molar-refractivity contribution in [3.8, 4) is 0 Å². The summed E-state index contributed by atoms with van der Waals surface area (Å²) in [6.07, 6.45) is 0. The van der Waals surface area contributed by atoms with Crippen LogP contribution in [0.3, 0.4) is 0 Å². The largest absolute Gasteiger partial charge is 0.383 e. The SMILES string of the molecule is CCN(c1cc(NC)nc(C(C)(C)C)n1)C(C)COC. The molecule has 0 aliphatic rings. The Morgan fingerprint density at radius 1 is 1.35 bits per heavy atom. The Balaban J connectivity index is 3.21. The summed E-state index contributed by atoms with van der Waals surface area (Å²) in [4.78, 5) is 11.5. The zero-order chi connectivity index (χ0) is 15.3. The summed E-state index contributed by atoms with van der Waals surface area (Å²) < 4.78 is 5.26. The van der Waals surface area contributed by atoms with E-state index >= 15 is 0 Å². The van der Waals surface area contributed by atoms with Gasteiger partial charge in [0.25, 0.3) is 0 Å². The number of nitrogens with one attached hydrogen (secondary N) is 1. The second-order valence-corrected chi connectivity index (χ2v) is 6.03. The first kappa shape index (κ1) is 16.7. The maximum absolute atomic E-state index is 5.26. The molecule has 0 fully saturated rings. The molecule has 1 heterocycles. The quantitative estimate of drug-likeness (QED) is 0.868. The summed E-state index contributed by atoms with van der Waals surface area (Å²) >= 11 is 0. The molecule has 5 nitrogen and oxygen atoms in total. The number of hydrogen-bond donors (Lipinski definition) is 1. The average molecular weight is 280 g/mol. The van der Waals surface area contributed by atoms with Crippen LogP contribution >= 0.6 is 0 Å². The van der Waals surface area contributed by atoms with Gasteiger partial charge in [0.1, 0.15) is 17.5 Å². The molecule has 20 heavy (non-hydrogen) atoms. The maximum atomic E-state index is 5.26. The lowest BCUT2D eigenvalue weighted by atomic mass is 9.95. The molecule has 0 radical (unpaired) electrons. The highest BCUT2D eigenvalue weighted by molar-refractivity contribution is 5.50. The third-order valence-electron chi connectivity index (χ3n) is 3.21. The van der Waals surface area contributed by atoms with E-state index in [1.165, 1.54) is 0 Å². The Kier molecular flexibility index (Phi) is 5.74. The first-order chi connectivity index (χ1) is 9.33. The van der Waals surface area contributed by atoms with E-state index < -0.39 is 0 Å². The van der Waals surface area contributed by atoms with Crippen LogP contribution in [0.5, 0.6) is 0 Å². The van der Waals surface area contributed by atoms with Crippen LogP contribution in [-0.4, -0.2) is 43.3 Å². The first-order valence-electron chi connectivity index (χ1n) is 7.16. The van der Waals surface area contributed by atoms with Crippen molar-refractivity contribution in [2.24, 2.45) is 0 Å². The van der Waals surface area contributed by atoms with Gasteiger partial charge in [-0.3, -0.25) is 0 Å². The molecule has 5 heteroatoms. The Bertz CT molecular complexity index is 428. The topological polar surface area (TPSA) is 50.3 Å². The van der Waals surface area contributed by atoms with E-state index in [0.717, 1.165) is 24.0 Å². The monoisotopic (exact) mass is 280 g/mol. The Labute approximate surface area is 122 Å². The highest BCUT2D eigenvalue weighted by Crippen LogP contribution is 2.24. The Morgan fingerprint density at radius 3 is 2.45 bits per heavy atom. The number of rotatable bonds is 6. The van der Waals surface area contributed by atoms with Crippen molar-refractivity contribution < 1.29 is 4.74 Å². The third-order valence-corrected chi connectivity index (χ3v) is 3.21. The van der Waals surface area contributed by atoms with E-state index in [9.17, 15) is 0 Å². The van der Waals surface area contributed by atoms with Crippen molar-refractivity contribution >= 4 is 11.6 Å². The molecular weight excluding hydrogens is 252 g/mol. The zero-order valence-electron chi connectivity index (χ0n) is 13.8. The molecule has 1 unspecified atom stereocenters. The summed E-state index contributed by atoms with van der Waals surface area (Å²) in [5.41, 5.74) is -0.0779.